The van der Waals surface area contributed by atoms with Crippen LogP contribution in [0.25, 0.3) is 0 Å². The minimum atomic E-state index is -0.916. The van der Waals surface area contributed by atoms with Gasteiger partial charge in [0.1, 0.15) is 0 Å². The quantitative estimate of drug-likeness (QED) is 0.508. The van der Waals surface area contributed by atoms with Gasteiger partial charge in [0, 0.05) is 29.7 Å². The molecular weight excluding hydrogens is 216 g/mol. The van der Waals surface area contributed by atoms with Crippen LogP contribution in [0, 0.1) is 0 Å². The number of hydrogen-bond acceptors (Lipinski definition) is 4. The second-order valence-corrected chi connectivity index (χ2v) is 3.84. The summed E-state index contributed by atoms with van der Waals surface area (Å²) >= 11 is 1.11. The number of hydrogen-bond donors (Lipinski definition) is 3. The van der Waals surface area contributed by atoms with E-state index in [2.05, 4.69) is 10.3 Å². The summed E-state index contributed by atoms with van der Waals surface area (Å²) in [5.41, 5.74) is 1.12. The predicted octanol–water partition coefficient (Wildman–Crippen LogP) is 0.557. The van der Waals surface area contributed by atoms with Crippen LogP contribution in [0.1, 0.15) is 12.6 Å². The molecule has 0 radical (unpaired) electrons. The summed E-state index contributed by atoms with van der Waals surface area (Å²) < 4.78 is 0. The molecule has 0 aliphatic rings. The number of carboxylic acids is 1. The summed E-state index contributed by atoms with van der Waals surface area (Å²) in [6, 6.07) is 0. The van der Waals surface area contributed by atoms with Crippen molar-refractivity contribution in [2.75, 3.05) is 6.54 Å². The Morgan fingerprint density at radius 2 is 2.47 bits per heavy atom. The van der Waals surface area contributed by atoms with Crippen molar-refractivity contribution in [3.05, 3.63) is 32.4 Å². The Morgan fingerprint density at radius 1 is 1.73 bits per heavy atom. The molecule has 1 aromatic heterocycles. The lowest BCUT2D eigenvalue weighted by atomic mass is 10.3. The molecule has 3 N–H and O–H groups in total. The van der Waals surface area contributed by atoms with Gasteiger partial charge in [-0.1, -0.05) is 17.4 Å². The Balaban J connectivity index is 2.31. The highest BCUT2D eigenvalue weighted by molar-refractivity contribution is 7.07. The minimum absolute atomic E-state index is 0.0796. The molecule has 0 spiro atoms. The molecule has 1 heterocycles. The summed E-state index contributed by atoms with van der Waals surface area (Å²) in [6.45, 7) is 2.54. The summed E-state index contributed by atoms with van der Waals surface area (Å²) in [5, 5.41) is 13.3. The van der Waals surface area contributed by atoms with Gasteiger partial charge in [0.2, 0.25) is 0 Å². The van der Waals surface area contributed by atoms with Crippen LogP contribution in [0.2, 0.25) is 0 Å². The number of carbonyl (C=O) groups is 1. The van der Waals surface area contributed by atoms with Gasteiger partial charge >= 0.3 is 10.8 Å². The first kappa shape index (κ1) is 11.7. The number of rotatable bonds is 5. The average molecular weight is 228 g/mol. The Morgan fingerprint density at radius 3 is 3.00 bits per heavy atom. The third-order valence-corrected chi connectivity index (χ3v) is 2.49. The van der Waals surface area contributed by atoms with E-state index in [1.807, 2.05) is 0 Å². The molecule has 1 aromatic rings. The van der Waals surface area contributed by atoms with Crippen LogP contribution in [-0.2, 0) is 11.3 Å². The van der Waals surface area contributed by atoms with Gasteiger partial charge in [-0.25, -0.2) is 4.79 Å². The van der Waals surface area contributed by atoms with Crippen LogP contribution in [0.4, 0.5) is 0 Å². The van der Waals surface area contributed by atoms with Gasteiger partial charge < -0.3 is 15.4 Å². The molecule has 1 rings (SSSR count). The molecule has 15 heavy (non-hydrogen) atoms. The largest absolute Gasteiger partial charge is 0.478 e. The second-order valence-electron chi connectivity index (χ2n) is 3.00. The van der Waals surface area contributed by atoms with E-state index in [0.29, 0.717) is 18.7 Å². The van der Waals surface area contributed by atoms with Gasteiger partial charge in [-0.2, -0.15) is 0 Å². The van der Waals surface area contributed by atoms with Gasteiger partial charge in [-0.3, -0.25) is 4.79 Å². The van der Waals surface area contributed by atoms with E-state index in [-0.39, 0.29) is 4.87 Å². The number of H-pyrrole nitrogens is 1. The Bertz CT molecular complexity index is 419. The molecule has 0 aliphatic carbocycles. The van der Waals surface area contributed by atoms with E-state index in [9.17, 15) is 9.59 Å². The fourth-order valence-corrected chi connectivity index (χ4v) is 1.50. The molecule has 0 atom stereocenters. The minimum Gasteiger partial charge on any atom is -0.478 e. The first-order chi connectivity index (χ1) is 7.09. The second kappa shape index (κ2) is 5.47. The zero-order valence-electron chi connectivity index (χ0n) is 8.24. The lowest BCUT2D eigenvalue weighted by Crippen LogP contribution is -2.15. The first-order valence-corrected chi connectivity index (χ1v) is 5.25. The maximum atomic E-state index is 10.8. The normalized spacial score (nSPS) is 11.7. The molecule has 0 saturated carbocycles. The van der Waals surface area contributed by atoms with Gasteiger partial charge in [-0.05, 0) is 6.92 Å². The molecule has 0 aromatic carbocycles. The third kappa shape index (κ3) is 4.09. The van der Waals surface area contributed by atoms with Gasteiger partial charge in [-0.15, -0.1) is 0 Å². The summed E-state index contributed by atoms with van der Waals surface area (Å²) in [6.07, 6.45) is 1.59. The van der Waals surface area contributed by atoms with Crippen LogP contribution in [0.15, 0.2) is 21.8 Å². The molecule has 0 saturated heterocycles. The van der Waals surface area contributed by atoms with Crippen molar-refractivity contribution in [3.8, 4) is 0 Å². The van der Waals surface area contributed by atoms with Crippen molar-refractivity contribution in [2.24, 2.45) is 0 Å². The number of thiazole rings is 1. The summed E-state index contributed by atoms with van der Waals surface area (Å²) in [5.74, 6) is -0.916. The lowest BCUT2D eigenvalue weighted by molar-refractivity contribution is -0.132. The van der Waals surface area contributed by atoms with E-state index >= 15 is 0 Å². The smallest absolute Gasteiger partial charge is 0.330 e. The number of carboxylic acid groups (broad SMARTS) is 1. The van der Waals surface area contributed by atoms with Gasteiger partial charge in [0.05, 0.1) is 0 Å². The maximum absolute atomic E-state index is 10.8. The van der Waals surface area contributed by atoms with Crippen molar-refractivity contribution in [2.45, 2.75) is 13.5 Å². The third-order valence-electron chi connectivity index (χ3n) is 1.78. The SMILES string of the molecule is CC(=CCNCc1csc(=O)[nH]1)C(=O)O. The highest BCUT2D eigenvalue weighted by atomic mass is 32.1. The highest BCUT2D eigenvalue weighted by Crippen LogP contribution is 1.95. The van der Waals surface area contributed by atoms with Crippen LogP contribution in [-0.4, -0.2) is 22.6 Å². The first-order valence-electron chi connectivity index (χ1n) is 4.37. The van der Waals surface area contributed by atoms with Crippen molar-refractivity contribution in [1.82, 2.24) is 10.3 Å². The molecule has 0 bridgehead atoms. The van der Waals surface area contributed by atoms with E-state index in [1.54, 1.807) is 11.5 Å². The Labute approximate surface area is 90.5 Å². The zero-order chi connectivity index (χ0) is 11.3. The van der Waals surface area contributed by atoms with E-state index in [0.717, 1.165) is 17.0 Å². The monoisotopic (exact) mass is 228 g/mol. The molecule has 0 amide bonds. The Kier molecular flexibility index (Phi) is 4.26. The van der Waals surface area contributed by atoms with Crippen molar-refractivity contribution < 1.29 is 9.90 Å². The van der Waals surface area contributed by atoms with Gasteiger partial charge in [0.25, 0.3) is 0 Å². The number of aliphatic carboxylic acids is 1. The molecule has 82 valence electrons. The van der Waals surface area contributed by atoms with E-state index < -0.39 is 5.97 Å². The fourth-order valence-electron chi connectivity index (χ4n) is 0.920. The molecule has 6 heteroatoms. The van der Waals surface area contributed by atoms with Gasteiger partial charge in [0.15, 0.2) is 0 Å². The van der Waals surface area contributed by atoms with Crippen LogP contribution in [0.3, 0.4) is 0 Å². The fraction of sp³-hybridized carbons (Fsp3) is 0.333. The van der Waals surface area contributed by atoms with Crippen LogP contribution >= 0.6 is 11.3 Å². The molecule has 0 aliphatic heterocycles. The Hall–Kier alpha value is -1.40. The van der Waals surface area contributed by atoms with E-state index in [1.165, 1.54) is 6.92 Å². The molecule has 5 nitrogen and oxygen atoms in total. The van der Waals surface area contributed by atoms with Crippen LogP contribution in [0.5, 0.6) is 0 Å². The number of aromatic nitrogens is 1. The molecule has 0 unspecified atom stereocenters. The standard InChI is InChI=1S/C9H12N2O3S/c1-6(8(12)13)2-3-10-4-7-5-15-9(14)11-7/h2,5,10H,3-4H2,1H3,(H,11,14)(H,12,13). The molecular formula is C9H12N2O3S. The number of nitrogens with one attached hydrogen (secondary N) is 2. The van der Waals surface area contributed by atoms with E-state index in [4.69, 9.17) is 5.11 Å². The average Bonchev–Trinajstić information content (AvgIpc) is 2.58. The van der Waals surface area contributed by atoms with Crippen molar-refractivity contribution in [1.29, 1.82) is 0 Å². The van der Waals surface area contributed by atoms with Crippen molar-refractivity contribution >= 4 is 17.3 Å². The van der Waals surface area contributed by atoms with Crippen LogP contribution < -0.4 is 10.2 Å². The zero-order valence-corrected chi connectivity index (χ0v) is 9.06. The lowest BCUT2D eigenvalue weighted by Gasteiger charge is -1.98. The molecule has 0 fully saturated rings. The highest BCUT2D eigenvalue weighted by Gasteiger charge is 1.98. The summed E-state index contributed by atoms with van der Waals surface area (Å²) in [4.78, 5) is 23.8. The summed E-state index contributed by atoms with van der Waals surface area (Å²) in [7, 11) is 0. The maximum Gasteiger partial charge on any atom is 0.330 e. The predicted molar refractivity (Wildman–Crippen MR) is 58.0 cm³/mol. The number of aromatic amines is 1. The topological polar surface area (TPSA) is 82.2 Å². The van der Waals surface area contributed by atoms with Crippen molar-refractivity contribution in [3.63, 3.8) is 0 Å².